The molecule has 2 N–H and O–H groups in total. The average molecular weight is 287 g/mol. The van der Waals surface area contributed by atoms with Crippen LogP contribution in [0.3, 0.4) is 0 Å². The summed E-state index contributed by atoms with van der Waals surface area (Å²) in [5.74, 6) is -0.808. The zero-order valence-corrected chi connectivity index (χ0v) is 12.1. The van der Waals surface area contributed by atoms with Gasteiger partial charge in [-0.25, -0.2) is 0 Å². The number of Topliss-reactive ketones (excluding diaryl/α,β-unsaturated/α-hetero) is 1. The van der Waals surface area contributed by atoms with Gasteiger partial charge >= 0.3 is 5.97 Å². The minimum atomic E-state index is -0.848. The molecule has 0 bridgehead atoms. The minimum absolute atomic E-state index is 0.0288. The van der Waals surface area contributed by atoms with E-state index in [2.05, 4.69) is 11.4 Å². The van der Waals surface area contributed by atoms with Crippen molar-refractivity contribution < 1.29 is 14.7 Å². The summed E-state index contributed by atoms with van der Waals surface area (Å²) in [6.45, 7) is 0. The lowest BCUT2D eigenvalue weighted by molar-refractivity contribution is -0.137. The van der Waals surface area contributed by atoms with E-state index < -0.39 is 5.97 Å². The van der Waals surface area contributed by atoms with Gasteiger partial charge in [-0.15, -0.1) is 0 Å². The Morgan fingerprint density at radius 2 is 2.00 bits per heavy atom. The molecule has 2 aliphatic rings. The predicted molar refractivity (Wildman–Crippen MR) is 79.6 cm³/mol. The molecule has 3 rings (SSSR count). The molecule has 0 spiro atoms. The Labute approximate surface area is 124 Å². The average Bonchev–Trinajstić information content (AvgIpc) is 3.16. The smallest absolute Gasteiger partial charge is 0.303 e. The Kier molecular flexibility index (Phi) is 4.06. The van der Waals surface area contributed by atoms with Crippen LogP contribution in [0.2, 0.25) is 0 Å². The van der Waals surface area contributed by atoms with Crippen molar-refractivity contribution in [1.82, 2.24) is 5.32 Å². The summed E-state index contributed by atoms with van der Waals surface area (Å²) >= 11 is 0. The van der Waals surface area contributed by atoms with Gasteiger partial charge in [0.15, 0.2) is 5.78 Å². The number of hydrogen-bond donors (Lipinski definition) is 2. The van der Waals surface area contributed by atoms with E-state index in [1.807, 2.05) is 12.1 Å². The maximum absolute atomic E-state index is 12.7. The number of carboxylic acids is 1. The van der Waals surface area contributed by atoms with Crippen LogP contribution in [0, 0.1) is 0 Å². The summed E-state index contributed by atoms with van der Waals surface area (Å²) in [6.07, 6.45) is 5.87. The molecule has 4 nitrogen and oxygen atoms in total. The highest BCUT2D eigenvalue weighted by molar-refractivity contribution is 6.00. The molecule has 1 unspecified atom stereocenters. The van der Waals surface area contributed by atoms with Crippen molar-refractivity contribution in [2.75, 3.05) is 0 Å². The molecule has 1 atom stereocenters. The molecule has 2 aliphatic carbocycles. The molecule has 0 amide bonds. The molecule has 0 radical (unpaired) electrons. The normalized spacial score (nSPS) is 18.3. The van der Waals surface area contributed by atoms with Crippen LogP contribution in [0.25, 0.3) is 0 Å². The fraction of sp³-hybridized carbons (Fsp3) is 0.529. The van der Waals surface area contributed by atoms with Crippen LogP contribution in [0.15, 0.2) is 18.2 Å². The number of hydrogen-bond acceptors (Lipinski definition) is 3. The number of fused-ring (bicyclic) bond motifs is 1. The van der Waals surface area contributed by atoms with Crippen molar-refractivity contribution in [1.29, 1.82) is 0 Å². The van der Waals surface area contributed by atoms with Crippen LogP contribution in [-0.2, 0) is 17.6 Å². The second-order valence-corrected chi connectivity index (χ2v) is 6.13. The molecular weight excluding hydrogens is 266 g/mol. The number of carbonyl (C=O) groups is 2. The third-order valence-corrected chi connectivity index (χ3v) is 4.36. The fourth-order valence-electron chi connectivity index (χ4n) is 3.02. The number of aryl methyl sites for hydroxylation is 2. The van der Waals surface area contributed by atoms with Gasteiger partial charge in [-0.3, -0.25) is 9.59 Å². The number of benzene rings is 1. The first-order valence-corrected chi connectivity index (χ1v) is 7.77. The Hall–Kier alpha value is -1.68. The van der Waals surface area contributed by atoms with E-state index in [-0.39, 0.29) is 18.2 Å². The molecule has 4 heteroatoms. The second-order valence-electron chi connectivity index (χ2n) is 6.13. The van der Waals surface area contributed by atoms with Crippen molar-refractivity contribution in [3.63, 3.8) is 0 Å². The zero-order valence-electron chi connectivity index (χ0n) is 12.1. The number of aliphatic carboxylic acids is 1. The number of carboxylic acid groups (broad SMARTS) is 1. The van der Waals surface area contributed by atoms with Gasteiger partial charge in [-0.2, -0.15) is 0 Å². The molecule has 21 heavy (non-hydrogen) atoms. The summed E-state index contributed by atoms with van der Waals surface area (Å²) in [4.78, 5) is 23.4. The molecule has 0 saturated heterocycles. The lowest BCUT2D eigenvalue weighted by atomic mass is 9.97. The Morgan fingerprint density at radius 3 is 2.71 bits per heavy atom. The van der Waals surface area contributed by atoms with Crippen molar-refractivity contribution in [3.8, 4) is 0 Å². The second kappa shape index (κ2) is 5.98. The molecule has 1 aromatic rings. The van der Waals surface area contributed by atoms with Crippen LogP contribution in [0.1, 0.15) is 53.6 Å². The fourth-order valence-corrected chi connectivity index (χ4v) is 3.02. The molecule has 1 aromatic carbocycles. The quantitative estimate of drug-likeness (QED) is 0.755. The topological polar surface area (TPSA) is 66.4 Å². The van der Waals surface area contributed by atoms with Gasteiger partial charge in [-0.1, -0.05) is 12.1 Å². The maximum atomic E-state index is 12.7. The third-order valence-electron chi connectivity index (χ3n) is 4.36. The van der Waals surface area contributed by atoms with E-state index in [0.717, 1.165) is 37.7 Å². The standard InChI is InChI=1S/C17H21NO3/c19-16(20)9-8-15(18-14-6-7-14)17(21)13-5-4-11-2-1-3-12(11)10-13/h4-5,10,14-15,18H,1-3,6-9H2,(H,19,20). The lowest BCUT2D eigenvalue weighted by Gasteiger charge is -2.17. The SMILES string of the molecule is O=C(O)CCC(NC1CC1)C(=O)c1ccc2c(c1)CCC2. The number of carbonyl (C=O) groups excluding carboxylic acids is 1. The van der Waals surface area contributed by atoms with E-state index in [1.165, 1.54) is 11.1 Å². The van der Waals surface area contributed by atoms with Gasteiger partial charge in [0.2, 0.25) is 0 Å². The van der Waals surface area contributed by atoms with Crippen LogP contribution in [-0.4, -0.2) is 28.9 Å². The van der Waals surface area contributed by atoms with Gasteiger partial charge in [-0.05, 0) is 55.7 Å². The van der Waals surface area contributed by atoms with Crippen LogP contribution in [0.5, 0.6) is 0 Å². The Morgan fingerprint density at radius 1 is 1.24 bits per heavy atom. The largest absolute Gasteiger partial charge is 0.481 e. The van der Waals surface area contributed by atoms with Crippen molar-refractivity contribution in [2.24, 2.45) is 0 Å². The minimum Gasteiger partial charge on any atom is -0.481 e. The monoisotopic (exact) mass is 287 g/mol. The van der Waals surface area contributed by atoms with Gasteiger partial charge in [0.1, 0.15) is 0 Å². The van der Waals surface area contributed by atoms with Gasteiger partial charge in [0.05, 0.1) is 6.04 Å². The first kappa shape index (κ1) is 14.3. The molecule has 1 fully saturated rings. The maximum Gasteiger partial charge on any atom is 0.303 e. The van der Waals surface area contributed by atoms with Gasteiger partial charge < -0.3 is 10.4 Å². The highest BCUT2D eigenvalue weighted by Crippen LogP contribution is 2.25. The Bertz CT molecular complexity index is 563. The highest BCUT2D eigenvalue weighted by atomic mass is 16.4. The summed E-state index contributed by atoms with van der Waals surface area (Å²) in [7, 11) is 0. The summed E-state index contributed by atoms with van der Waals surface area (Å²) in [5, 5.41) is 12.2. The third kappa shape index (κ3) is 3.50. The first-order chi connectivity index (χ1) is 10.1. The van der Waals surface area contributed by atoms with Gasteiger partial charge in [0, 0.05) is 18.0 Å². The summed E-state index contributed by atoms with van der Waals surface area (Å²) < 4.78 is 0. The van der Waals surface area contributed by atoms with E-state index in [1.54, 1.807) is 0 Å². The summed E-state index contributed by atoms with van der Waals surface area (Å²) in [6, 6.07) is 5.98. The van der Waals surface area contributed by atoms with Crippen molar-refractivity contribution >= 4 is 11.8 Å². The predicted octanol–water partition coefficient (Wildman–Crippen LogP) is 2.34. The van der Waals surface area contributed by atoms with Crippen LogP contribution in [0.4, 0.5) is 0 Å². The number of nitrogens with one attached hydrogen (secondary N) is 1. The molecular formula is C17H21NO3. The van der Waals surface area contributed by atoms with E-state index >= 15 is 0 Å². The Balaban J connectivity index is 1.73. The molecule has 112 valence electrons. The lowest BCUT2D eigenvalue weighted by Crippen LogP contribution is -2.38. The van der Waals surface area contributed by atoms with Gasteiger partial charge in [0.25, 0.3) is 0 Å². The number of ketones is 1. The molecule has 1 saturated carbocycles. The van der Waals surface area contributed by atoms with E-state index in [4.69, 9.17) is 5.11 Å². The van der Waals surface area contributed by atoms with E-state index in [9.17, 15) is 9.59 Å². The highest BCUT2D eigenvalue weighted by Gasteiger charge is 2.29. The van der Waals surface area contributed by atoms with E-state index in [0.29, 0.717) is 12.5 Å². The zero-order chi connectivity index (χ0) is 14.8. The van der Waals surface area contributed by atoms with Crippen LogP contribution < -0.4 is 5.32 Å². The van der Waals surface area contributed by atoms with Crippen LogP contribution >= 0.6 is 0 Å². The molecule has 0 aromatic heterocycles. The van der Waals surface area contributed by atoms with Crippen molar-refractivity contribution in [2.45, 2.75) is 57.0 Å². The molecule has 0 heterocycles. The number of rotatable bonds is 7. The first-order valence-electron chi connectivity index (χ1n) is 7.77. The molecule has 0 aliphatic heterocycles. The summed E-state index contributed by atoms with van der Waals surface area (Å²) in [5.41, 5.74) is 3.35. The van der Waals surface area contributed by atoms with Crippen molar-refractivity contribution in [3.05, 3.63) is 34.9 Å².